The molecule has 0 saturated carbocycles. The summed E-state index contributed by atoms with van der Waals surface area (Å²) in [5.41, 5.74) is 0.748. The van der Waals surface area contributed by atoms with Crippen molar-refractivity contribution >= 4 is 21.4 Å². The van der Waals surface area contributed by atoms with Gasteiger partial charge in [-0.05, 0) is 60.7 Å². The normalized spacial score (nSPS) is 11.5. The van der Waals surface area contributed by atoms with E-state index in [1.807, 2.05) is 0 Å². The van der Waals surface area contributed by atoms with Crippen LogP contribution in [0.15, 0.2) is 74.5 Å². The van der Waals surface area contributed by atoms with E-state index in [2.05, 4.69) is 10.1 Å². The predicted octanol–water partition coefficient (Wildman–Crippen LogP) is 4.63. The smallest absolute Gasteiger partial charge is 0.293 e. The lowest BCUT2D eigenvalue weighted by Gasteiger charge is -2.02. The molecule has 9 heteroatoms. The van der Waals surface area contributed by atoms with Crippen molar-refractivity contribution in [3.8, 4) is 28.8 Å². The summed E-state index contributed by atoms with van der Waals surface area (Å²) in [6.45, 7) is 0. The van der Waals surface area contributed by atoms with Crippen LogP contribution in [0.2, 0.25) is 5.02 Å². The van der Waals surface area contributed by atoms with E-state index in [0.717, 1.165) is 11.3 Å². The molecule has 4 aromatic rings. The lowest BCUT2D eigenvalue weighted by atomic mass is 10.2. The van der Waals surface area contributed by atoms with Gasteiger partial charge in [-0.1, -0.05) is 16.8 Å². The maximum Gasteiger partial charge on any atom is 0.293 e. The standard InChI is InChI=1S/C20H15ClN2O5S/c1-26-15-6-2-13(3-7-15)19-22-20(28-23-19)18-11-8-16(27-18)12-29(24,25)17-9-4-14(21)5-10-17/h2-11H,12H2,1H3. The van der Waals surface area contributed by atoms with Crippen molar-refractivity contribution in [1.29, 1.82) is 0 Å². The van der Waals surface area contributed by atoms with Crippen LogP contribution in [0.4, 0.5) is 0 Å². The Morgan fingerprint density at radius 3 is 2.41 bits per heavy atom. The number of halogens is 1. The number of nitrogens with zero attached hydrogens (tertiary/aromatic N) is 2. The topological polar surface area (TPSA) is 95.4 Å². The third kappa shape index (κ3) is 4.18. The quantitative estimate of drug-likeness (QED) is 0.440. The van der Waals surface area contributed by atoms with E-state index in [1.54, 1.807) is 43.5 Å². The molecule has 4 rings (SSSR count). The molecule has 0 saturated heterocycles. The van der Waals surface area contributed by atoms with E-state index in [1.165, 1.54) is 24.3 Å². The fourth-order valence-corrected chi connectivity index (χ4v) is 4.04. The van der Waals surface area contributed by atoms with E-state index in [9.17, 15) is 8.42 Å². The molecule has 0 atom stereocenters. The molecule has 0 spiro atoms. The van der Waals surface area contributed by atoms with Gasteiger partial charge in [0.25, 0.3) is 5.89 Å². The van der Waals surface area contributed by atoms with Crippen molar-refractivity contribution in [1.82, 2.24) is 10.1 Å². The summed E-state index contributed by atoms with van der Waals surface area (Å²) in [5.74, 6) is 1.52. The Bertz CT molecular complexity index is 1230. The number of rotatable bonds is 6. The van der Waals surface area contributed by atoms with Gasteiger partial charge in [-0.25, -0.2) is 8.42 Å². The van der Waals surface area contributed by atoms with Crippen LogP contribution in [0.25, 0.3) is 23.0 Å². The molecule has 0 aliphatic rings. The second-order valence-electron chi connectivity index (χ2n) is 6.13. The molecule has 0 fully saturated rings. The molecule has 0 aliphatic carbocycles. The van der Waals surface area contributed by atoms with Gasteiger partial charge >= 0.3 is 0 Å². The molecule has 7 nitrogen and oxygen atoms in total. The number of hydrogen-bond donors (Lipinski definition) is 0. The molecular formula is C20H15ClN2O5S. The Labute approximate surface area is 171 Å². The highest BCUT2D eigenvalue weighted by molar-refractivity contribution is 7.90. The van der Waals surface area contributed by atoms with Crippen molar-refractivity contribution in [2.75, 3.05) is 7.11 Å². The summed E-state index contributed by atoms with van der Waals surface area (Å²) in [5, 5.41) is 4.41. The zero-order chi connectivity index (χ0) is 20.4. The van der Waals surface area contributed by atoms with Gasteiger partial charge in [0.05, 0.1) is 12.0 Å². The molecule has 0 radical (unpaired) electrons. The minimum atomic E-state index is -3.57. The van der Waals surface area contributed by atoms with Crippen LogP contribution >= 0.6 is 11.6 Å². The number of hydrogen-bond acceptors (Lipinski definition) is 7. The Kier molecular flexibility index (Phi) is 5.12. The minimum absolute atomic E-state index is 0.158. The van der Waals surface area contributed by atoms with Crippen LogP contribution < -0.4 is 4.74 Å². The van der Waals surface area contributed by atoms with Crippen LogP contribution in [0.3, 0.4) is 0 Å². The molecule has 0 amide bonds. The highest BCUT2D eigenvalue weighted by Crippen LogP contribution is 2.27. The van der Waals surface area contributed by atoms with Crippen molar-refractivity contribution in [3.05, 3.63) is 71.4 Å². The zero-order valence-corrected chi connectivity index (χ0v) is 16.8. The fourth-order valence-electron chi connectivity index (χ4n) is 2.66. The third-order valence-electron chi connectivity index (χ3n) is 4.15. The molecule has 29 heavy (non-hydrogen) atoms. The SMILES string of the molecule is COc1ccc(-c2noc(-c3ccc(CS(=O)(=O)c4ccc(Cl)cc4)o3)n2)cc1. The second kappa shape index (κ2) is 7.73. The van der Waals surface area contributed by atoms with Gasteiger partial charge in [0, 0.05) is 10.6 Å². The van der Waals surface area contributed by atoms with Crippen LogP contribution in [-0.4, -0.2) is 25.7 Å². The summed E-state index contributed by atoms with van der Waals surface area (Å²) in [6, 6.07) is 16.3. The van der Waals surface area contributed by atoms with Gasteiger partial charge in [0.15, 0.2) is 15.6 Å². The first-order valence-corrected chi connectivity index (χ1v) is 10.5. The first kappa shape index (κ1) is 19.2. The Morgan fingerprint density at radius 2 is 1.72 bits per heavy atom. The molecule has 0 bridgehead atoms. The van der Waals surface area contributed by atoms with E-state index in [-0.39, 0.29) is 22.3 Å². The summed E-state index contributed by atoms with van der Waals surface area (Å²) in [6.07, 6.45) is 0. The molecule has 0 unspecified atom stereocenters. The Hall–Kier alpha value is -3.10. The van der Waals surface area contributed by atoms with Gasteiger partial charge < -0.3 is 13.7 Å². The first-order valence-electron chi connectivity index (χ1n) is 8.50. The van der Waals surface area contributed by atoms with Crippen LogP contribution in [-0.2, 0) is 15.6 Å². The van der Waals surface area contributed by atoms with Gasteiger partial charge in [-0.2, -0.15) is 4.98 Å². The summed E-state index contributed by atoms with van der Waals surface area (Å²) >= 11 is 5.81. The first-order chi connectivity index (χ1) is 13.9. The average molecular weight is 431 g/mol. The van der Waals surface area contributed by atoms with Crippen molar-refractivity contribution in [3.63, 3.8) is 0 Å². The summed E-state index contributed by atoms with van der Waals surface area (Å²) < 4.78 is 41.1. The molecular weight excluding hydrogens is 416 g/mol. The van der Waals surface area contributed by atoms with Gasteiger partial charge in [-0.15, -0.1) is 0 Å². The van der Waals surface area contributed by atoms with Crippen molar-refractivity contribution < 1.29 is 22.1 Å². The van der Waals surface area contributed by atoms with Gasteiger partial charge in [0.2, 0.25) is 5.82 Å². The van der Waals surface area contributed by atoms with E-state index in [0.29, 0.717) is 16.6 Å². The van der Waals surface area contributed by atoms with Crippen molar-refractivity contribution in [2.24, 2.45) is 0 Å². The van der Waals surface area contributed by atoms with Crippen molar-refractivity contribution in [2.45, 2.75) is 10.6 Å². The van der Waals surface area contributed by atoms with Gasteiger partial charge in [-0.3, -0.25) is 0 Å². The fraction of sp³-hybridized carbons (Fsp3) is 0.100. The molecule has 0 N–H and O–H groups in total. The number of benzene rings is 2. The number of aromatic nitrogens is 2. The minimum Gasteiger partial charge on any atom is -0.497 e. The van der Waals surface area contributed by atoms with Crippen LogP contribution in [0.5, 0.6) is 5.75 Å². The number of furan rings is 1. The Morgan fingerprint density at radius 1 is 1.00 bits per heavy atom. The molecule has 2 aromatic carbocycles. The van der Waals surface area contributed by atoms with E-state index >= 15 is 0 Å². The average Bonchev–Trinajstić information content (AvgIpc) is 3.38. The number of ether oxygens (including phenoxy) is 1. The molecule has 2 heterocycles. The Balaban J connectivity index is 1.53. The second-order valence-corrected chi connectivity index (χ2v) is 8.56. The molecule has 148 valence electrons. The maximum atomic E-state index is 12.5. The number of sulfone groups is 1. The van der Waals surface area contributed by atoms with Crippen LogP contribution in [0.1, 0.15) is 5.76 Å². The molecule has 0 aliphatic heterocycles. The maximum absolute atomic E-state index is 12.5. The highest BCUT2D eigenvalue weighted by Gasteiger charge is 2.20. The van der Waals surface area contributed by atoms with E-state index in [4.69, 9.17) is 25.3 Å². The van der Waals surface area contributed by atoms with Crippen LogP contribution in [0, 0.1) is 0 Å². The molecule has 2 aromatic heterocycles. The lowest BCUT2D eigenvalue weighted by Crippen LogP contribution is -2.03. The highest BCUT2D eigenvalue weighted by atomic mass is 35.5. The van der Waals surface area contributed by atoms with E-state index < -0.39 is 9.84 Å². The third-order valence-corrected chi connectivity index (χ3v) is 6.06. The lowest BCUT2D eigenvalue weighted by molar-refractivity contribution is 0.412. The predicted molar refractivity (Wildman–Crippen MR) is 106 cm³/mol. The summed E-state index contributed by atoms with van der Waals surface area (Å²) in [4.78, 5) is 4.47. The monoisotopic (exact) mass is 430 g/mol. The summed E-state index contributed by atoms with van der Waals surface area (Å²) in [7, 11) is -1.99. The largest absolute Gasteiger partial charge is 0.497 e. The van der Waals surface area contributed by atoms with Gasteiger partial charge in [0.1, 0.15) is 17.3 Å². The zero-order valence-electron chi connectivity index (χ0n) is 15.2. The number of methoxy groups -OCH3 is 1.